The van der Waals surface area contributed by atoms with Gasteiger partial charge in [0.15, 0.2) is 0 Å². The third-order valence-corrected chi connectivity index (χ3v) is 2.07. The molecule has 7 N–H and O–H groups in total. The third-order valence-electron chi connectivity index (χ3n) is 2.07. The predicted octanol–water partition coefficient (Wildman–Crippen LogP) is -0.846. The molecule has 0 atom stereocenters. The Bertz CT molecular complexity index is 100. The Labute approximate surface area is 74.1 Å². The third kappa shape index (κ3) is 4.66. The van der Waals surface area contributed by atoms with Gasteiger partial charge in [-0.1, -0.05) is 0 Å². The highest BCUT2D eigenvalue weighted by atomic mass is 16.3. The molecular formula is C8H21N3O. The second-order valence-corrected chi connectivity index (χ2v) is 3.30. The smallest absolute Gasteiger partial charge is 0.0611 e. The summed E-state index contributed by atoms with van der Waals surface area (Å²) in [5.41, 5.74) is 16.2. The van der Waals surface area contributed by atoms with E-state index in [0.29, 0.717) is 13.1 Å². The summed E-state index contributed by atoms with van der Waals surface area (Å²) < 4.78 is 0. The fourth-order valence-electron chi connectivity index (χ4n) is 1.19. The average Bonchev–Trinajstić information content (AvgIpc) is 2.11. The van der Waals surface area contributed by atoms with Crippen LogP contribution >= 0.6 is 0 Å². The molecule has 0 amide bonds. The molecular weight excluding hydrogens is 154 g/mol. The van der Waals surface area contributed by atoms with E-state index >= 15 is 0 Å². The average molecular weight is 175 g/mol. The first-order chi connectivity index (χ1) is 5.68. The van der Waals surface area contributed by atoms with Crippen LogP contribution in [-0.4, -0.2) is 30.3 Å². The van der Waals surface area contributed by atoms with E-state index in [2.05, 4.69) is 0 Å². The maximum atomic E-state index is 9.03. The van der Waals surface area contributed by atoms with Gasteiger partial charge in [0.1, 0.15) is 0 Å². The molecule has 0 heterocycles. The molecule has 0 aromatic rings. The Kier molecular flexibility index (Phi) is 6.28. The van der Waals surface area contributed by atoms with E-state index < -0.39 is 5.54 Å². The van der Waals surface area contributed by atoms with Crippen LogP contribution in [0.15, 0.2) is 0 Å². The van der Waals surface area contributed by atoms with Crippen molar-refractivity contribution in [3.05, 3.63) is 0 Å². The summed E-state index contributed by atoms with van der Waals surface area (Å²) in [5, 5.41) is 9.03. The minimum absolute atomic E-state index is 0.0208. The molecule has 0 aliphatic heterocycles. The van der Waals surface area contributed by atoms with Crippen LogP contribution in [0.1, 0.15) is 25.7 Å². The fraction of sp³-hybridized carbons (Fsp3) is 1.00. The van der Waals surface area contributed by atoms with Gasteiger partial charge in [0.2, 0.25) is 0 Å². The molecule has 74 valence electrons. The van der Waals surface area contributed by atoms with Gasteiger partial charge < -0.3 is 22.3 Å². The number of rotatable bonds is 7. The van der Waals surface area contributed by atoms with Gasteiger partial charge in [-0.25, -0.2) is 0 Å². The second-order valence-electron chi connectivity index (χ2n) is 3.30. The molecule has 0 spiro atoms. The molecule has 0 bridgehead atoms. The van der Waals surface area contributed by atoms with Crippen LogP contribution in [0.25, 0.3) is 0 Å². The quantitative estimate of drug-likeness (QED) is 0.405. The monoisotopic (exact) mass is 175 g/mol. The number of hydrogen-bond donors (Lipinski definition) is 4. The summed E-state index contributed by atoms with van der Waals surface area (Å²) >= 11 is 0. The molecule has 12 heavy (non-hydrogen) atoms. The zero-order valence-electron chi connectivity index (χ0n) is 7.63. The second kappa shape index (κ2) is 6.37. The largest absolute Gasteiger partial charge is 0.394 e. The van der Waals surface area contributed by atoms with Crippen LogP contribution < -0.4 is 17.2 Å². The van der Waals surface area contributed by atoms with Crippen LogP contribution in [0, 0.1) is 0 Å². The van der Waals surface area contributed by atoms with Crippen molar-refractivity contribution in [1.82, 2.24) is 0 Å². The van der Waals surface area contributed by atoms with Gasteiger partial charge in [-0.3, -0.25) is 0 Å². The number of hydrogen-bond acceptors (Lipinski definition) is 4. The van der Waals surface area contributed by atoms with E-state index in [0.717, 1.165) is 25.7 Å². The van der Waals surface area contributed by atoms with Crippen molar-refractivity contribution in [3.8, 4) is 0 Å². The zero-order chi connectivity index (χ0) is 9.45. The molecule has 0 aromatic heterocycles. The first kappa shape index (κ1) is 11.8. The van der Waals surface area contributed by atoms with E-state index in [1.54, 1.807) is 0 Å². The van der Waals surface area contributed by atoms with Gasteiger partial charge in [0, 0.05) is 5.54 Å². The van der Waals surface area contributed by atoms with Crippen molar-refractivity contribution in [2.24, 2.45) is 17.2 Å². The summed E-state index contributed by atoms with van der Waals surface area (Å²) in [7, 11) is 0. The van der Waals surface area contributed by atoms with E-state index in [1.807, 2.05) is 0 Å². The van der Waals surface area contributed by atoms with E-state index in [4.69, 9.17) is 22.3 Å². The Balaban J connectivity index is 3.70. The predicted molar refractivity (Wildman–Crippen MR) is 50.6 cm³/mol. The summed E-state index contributed by atoms with van der Waals surface area (Å²) in [6, 6.07) is 0. The Morgan fingerprint density at radius 1 is 1.00 bits per heavy atom. The molecule has 0 radical (unpaired) electrons. The van der Waals surface area contributed by atoms with Gasteiger partial charge in [-0.15, -0.1) is 0 Å². The molecule has 4 nitrogen and oxygen atoms in total. The Morgan fingerprint density at radius 2 is 1.42 bits per heavy atom. The molecule has 0 aliphatic rings. The summed E-state index contributed by atoms with van der Waals surface area (Å²) in [6.07, 6.45) is 3.28. The maximum Gasteiger partial charge on any atom is 0.0611 e. The van der Waals surface area contributed by atoms with Crippen molar-refractivity contribution in [2.45, 2.75) is 31.2 Å². The zero-order valence-corrected chi connectivity index (χ0v) is 7.63. The molecule has 0 saturated heterocycles. The molecule has 0 aromatic carbocycles. The van der Waals surface area contributed by atoms with E-state index in [-0.39, 0.29) is 6.61 Å². The molecule has 4 heteroatoms. The summed E-state index contributed by atoms with van der Waals surface area (Å²) in [4.78, 5) is 0. The topological polar surface area (TPSA) is 98.3 Å². The lowest BCUT2D eigenvalue weighted by Crippen LogP contribution is -2.44. The fourth-order valence-corrected chi connectivity index (χ4v) is 1.19. The van der Waals surface area contributed by atoms with Crippen molar-refractivity contribution >= 4 is 0 Å². The Morgan fingerprint density at radius 3 is 1.67 bits per heavy atom. The van der Waals surface area contributed by atoms with Crippen molar-refractivity contribution < 1.29 is 5.11 Å². The number of aliphatic hydroxyl groups is 1. The molecule has 0 aliphatic carbocycles. The minimum Gasteiger partial charge on any atom is -0.394 e. The summed E-state index contributed by atoms with van der Waals surface area (Å²) in [5.74, 6) is 0. The molecule has 0 unspecified atom stereocenters. The lowest BCUT2D eigenvalue weighted by atomic mass is 9.90. The number of nitrogens with two attached hydrogens (primary N) is 3. The van der Waals surface area contributed by atoms with Crippen LogP contribution in [0.3, 0.4) is 0 Å². The number of aliphatic hydroxyl groups excluding tert-OH is 1. The highest BCUT2D eigenvalue weighted by molar-refractivity contribution is 4.83. The van der Waals surface area contributed by atoms with Crippen LogP contribution in [-0.2, 0) is 0 Å². The SMILES string of the molecule is NCCCC(N)(CO)CCCN. The van der Waals surface area contributed by atoms with Gasteiger partial charge in [0.05, 0.1) is 6.61 Å². The normalized spacial score (nSPS) is 12.0. The van der Waals surface area contributed by atoms with E-state index in [1.165, 1.54) is 0 Å². The highest BCUT2D eigenvalue weighted by Crippen LogP contribution is 2.14. The summed E-state index contributed by atoms with van der Waals surface area (Å²) in [6.45, 7) is 1.27. The molecule has 0 saturated carbocycles. The van der Waals surface area contributed by atoms with E-state index in [9.17, 15) is 0 Å². The van der Waals surface area contributed by atoms with Gasteiger partial charge in [-0.05, 0) is 38.8 Å². The van der Waals surface area contributed by atoms with Gasteiger partial charge in [0.25, 0.3) is 0 Å². The lowest BCUT2D eigenvalue weighted by Gasteiger charge is -2.26. The lowest BCUT2D eigenvalue weighted by molar-refractivity contribution is 0.175. The van der Waals surface area contributed by atoms with Crippen molar-refractivity contribution in [2.75, 3.05) is 19.7 Å². The van der Waals surface area contributed by atoms with Crippen LogP contribution in [0.5, 0.6) is 0 Å². The minimum atomic E-state index is -0.460. The van der Waals surface area contributed by atoms with Gasteiger partial charge in [-0.2, -0.15) is 0 Å². The highest BCUT2D eigenvalue weighted by Gasteiger charge is 2.21. The maximum absolute atomic E-state index is 9.03. The van der Waals surface area contributed by atoms with Crippen molar-refractivity contribution in [3.63, 3.8) is 0 Å². The Hall–Kier alpha value is -0.160. The first-order valence-corrected chi connectivity index (χ1v) is 4.48. The molecule has 0 rings (SSSR count). The van der Waals surface area contributed by atoms with Crippen LogP contribution in [0.2, 0.25) is 0 Å². The first-order valence-electron chi connectivity index (χ1n) is 4.48. The van der Waals surface area contributed by atoms with Crippen molar-refractivity contribution in [1.29, 1.82) is 0 Å². The molecule has 0 fully saturated rings. The van der Waals surface area contributed by atoms with Crippen LogP contribution in [0.4, 0.5) is 0 Å². The van der Waals surface area contributed by atoms with Gasteiger partial charge >= 0.3 is 0 Å². The standard InChI is InChI=1S/C8H21N3O/c9-5-1-3-8(11,7-12)4-2-6-10/h12H,1-7,9-11H2.